The van der Waals surface area contributed by atoms with Gasteiger partial charge in [-0.2, -0.15) is 0 Å². The minimum atomic E-state index is -0.442. The number of aliphatic hydroxyl groups is 1. The number of carbonyl (C=O) groups excluding carboxylic acids is 2. The number of piperidine rings is 1. The van der Waals surface area contributed by atoms with Crippen LogP contribution in [0.5, 0.6) is 0 Å². The summed E-state index contributed by atoms with van der Waals surface area (Å²) in [5, 5.41) is 16.3. The van der Waals surface area contributed by atoms with Crippen LogP contribution in [-0.2, 0) is 0 Å². The summed E-state index contributed by atoms with van der Waals surface area (Å²) in [7, 11) is 0. The molecule has 3 heterocycles. The summed E-state index contributed by atoms with van der Waals surface area (Å²) < 4.78 is 0. The Morgan fingerprint density at radius 1 is 1.12 bits per heavy atom. The minimum Gasteiger partial charge on any atom is -0.396 e. The number of thiophene rings is 2. The molecule has 1 aliphatic heterocycles. The molecule has 2 amide bonds. The zero-order chi connectivity index (χ0) is 17.0. The molecule has 2 aromatic rings. The molecule has 0 aromatic carbocycles. The standard InChI is InChI=1S/C17H20N2O3S2/c20-10-7-17(18-15(21)13-3-1-11-23-13)5-8-19(9-6-17)16(22)14-4-2-12-24-14/h1-4,11-12,20H,5-10H2,(H,18,21). The Morgan fingerprint density at radius 3 is 2.29 bits per heavy atom. The lowest BCUT2D eigenvalue weighted by molar-refractivity contribution is 0.0586. The van der Waals surface area contributed by atoms with Gasteiger partial charge in [0.05, 0.1) is 9.75 Å². The molecular formula is C17H20N2O3S2. The van der Waals surface area contributed by atoms with Crippen LogP contribution in [0.1, 0.15) is 38.6 Å². The number of hydrogen-bond donors (Lipinski definition) is 2. The first-order valence-corrected chi connectivity index (χ1v) is 9.69. The summed E-state index contributed by atoms with van der Waals surface area (Å²) in [5.41, 5.74) is -0.442. The summed E-state index contributed by atoms with van der Waals surface area (Å²) in [6, 6.07) is 7.35. The third-order valence-corrected chi connectivity index (χ3v) is 6.18. The second kappa shape index (κ2) is 7.46. The monoisotopic (exact) mass is 364 g/mol. The Balaban J connectivity index is 1.65. The maximum atomic E-state index is 12.4. The van der Waals surface area contributed by atoms with Gasteiger partial charge in [-0.25, -0.2) is 0 Å². The largest absolute Gasteiger partial charge is 0.396 e. The molecule has 0 spiro atoms. The summed E-state index contributed by atoms with van der Waals surface area (Å²) in [6.45, 7) is 1.19. The molecule has 24 heavy (non-hydrogen) atoms. The van der Waals surface area contributed by atoms with Gasteiger partial charge in [-0.15, -0.1) is 22.7 Å². The quantitative estimate of drug-likeness (QED) is 0.857. The molecule has 0 saturated carbocycles. The molecule has 128 valence electrons. The average Bonchev–Trinajstić information content (AvgIpc) is 3.29. The van der Waals surface area contributed by atoms with Crippen LogP contribution >= 0.6 is 22.7 Å². The number of carbonyl (C=O) groups is 2. The highest BCUT2D eigenvalue weighted by molar-refractivity contribution is 7.12. The SMILES string of the molecule is O=C(NC1(CCO)CCN(C(=O)c2cccs2)CC1)c1cccs1. The van der Waals surface area contributed by atoms with E-state index in [1.54, 1.807) is 6.07 Å². The lowest BCUT2D eigenvalue weighted by Gasteiger charge is -2.42. The van der Waals surface area contributed by atoms with Crippen molar-refractivity contribution >= 4 is 34.5 Å². The number of aliphatic hydroxyl groups excluding tert-OH is 1. The Hall–Kier alpha value is -1.70. The predicted molar refractivity (Wildman–Crippen MR) is 95.7 cm³/mol. The zero-order valence-corrected chi connectivity index (χ0v) is 14.9. The molecule has 1 fully saturated rings. The molecule has 1 aliphatic rings. The fourth-order valence-corrected chi connectivity index (χ4v) is 4.37. The highest BCUT2D eigenvalue weighted by Gasteiger charge is 2.37. The van der Waals surface area contributed by atoms with E-state index in [1.165, 1.54) is 22.7 Å². The molecule has 0 atom stereocenters. The van der Waals surface area contributed by atoms with Gasteiger partial charge in [0.25, 0.3) is 11.8 Å². The van der Waals surface area contributed by atoms with Crippen molar-refractivity contribution in [2.24, 2.45) is 0 Å². The fourth-order valence-electron chi connectivity index (χ4n) is 3.06. The fraction of sp³-hybridized carbons (Fsp3) is 0.412. The summed E-state index contributed by atoms with van der Waals surface area (Å²) >= 11 is 2.85. The van der Waals surface area contributed by atoms with E-state index >= 15 is 0 Å². The normalized spacial score (nSPS) is 16.8. The Bertz CT molecular complexity index is 675. The zero-order valence-electron chi connectivity index (χ0n) is 13.2. The van der Waals surface area contributed by atoms with Crippen molar-refractivity contribution in [2.75, 3.05) is 19.7 Å². The molecule has 5 nitrogen and oxygen atoms in total. The molecule has 2 aromatic heterocycles. The van der Waals surface area contributed by atoms with Crippen molar-refractivity contribution in [3.8, 4) is 0 Å². The summed E-state index contributed by atoms with van der Waals surface area (Å²) in [4.78, 5) is 28.1. The van der Waals surface area contributed by atoms with Gasteiger partial charge in [0.1, 0.15) is 0 Å². The molecular weight excluding hydrogens is 344 g/mol. The van der Waals surface area contributed by atoms with Crippen LogP contribution in [0.2, 0.25) is 0 Å². The van der Waals surface area contributed by atoms with Crippen LogP contribution in [0, 0.1) is 0 Å². The number of likely N-dealkylation sites (tertiary alicyclic amines) is 1. The second-order valence-electron chi connectivity index (χ2n) is 5.95. The van der Waals surface area contributed by atoms with Gasteiger partial charge in [0.2, 0.25) is 0 Å². The van der Waals surface area contributed by atoms with Gasteiger partial charge in [-0.3, -0.25) is 9.59 Å². The third-order valence-electron chi connectivity index (χ3n) is 4.45. The third kappa shape index (κ3) is 3.68. The number of amides is 2. The number of rotatable bonds is 5. The van der Waals surface area contributed by atoms with Crippen molar-refractivity contribution in [3.05, 3.63) is 44.8 Å². The maximum absolute atomic E-state index is 12.4. The average molecular weight is 364 g/mol. The van der Waals surface area contributed by atoms with Gasteiger partial charge in [0.15, 0.2) is 0 Å². The van der Waals surface area contributed by atoms with Crippen LogP contribution in [-0.4, -0.2) is 47.1 Å². The molecule has 2 N–H and O–H groups in total. The van der Waals surface area contributed by atoms with Gasteiger partial charge in [-0.05, 0) is 42.2 Å². The van der Waals surface area contributed by atoms with Crippen LogP contribution in [0.3, 0.4) is 0 Å². The van der Waals surface area contributed by atoms with Crippen molar-refractivity contribution in [3.63, 3.8) is 0 Å². The van der Waals surface area contributed by atoms with E-state index in [0.29, 0.717) is 37.2 Å². The minimum absolute atomic E-state index is 0.0175. The van der Waals surface area contributed by atoms with Crippen LogP contribution in [0.15, 0.2) is 35.0 Å². The summed E-state index contributed by atoms with van der Waals surface area (Å²) in [6.07, 6.45) is 1.81. The van der Waals surface area contributed by atoms with Crippen molar-refractivity contribution < 1.29 is 14.7 Å². The molecule has 7 heteroatoms. The van der Waals surface area contributed by atoms with E-state index in [4.69, 9.17) is 0 Å². The Labute approximate surface area is 148 Å². The predicted octanol–water partition coefficient (Wildman–Crippen LogP) is 2.60. The van der Waals surface area contributed by atoms with Gasteiger partial charge in [0, 0.05) is 25.2 Å². The van der Waals surface area contributed by atoms with E-state index in [0.717, 1.165) is 4.88 Å². The van der Waals surface area contributed by atoms with E-state index < -0.39 is 5.54 Å². The molecule has 0 aliphatic carbocycles. The maximum Gasteiger partial charge on any atom is 0.263 e. The smallest absolute Gasteiger partial charge is 0.263 e. The highest BCUT2D eigenvalue weighted by Crippen LogP contribution is 2.28. The van der Waals surface area contributed by atoms with Gasteiger partial charge >= 0.3 is 0 Å². The first-order chi connectivity index (χ1) is 11.6. The van der Waals surface area contributed by atoms with Crippen molar-refractivity contribution in [1.29, 1.82) is 0 Å². The van der Waals surface area contributed by atoms with Crippen LogP contribution in [0.25, 0.3) is 0 Å². The lowest BCUT2D eigenvalue weighted by Crippen LogP contribution is -2.56. The summed E-state index contributed by atoms with van der Waals surface area (Å²) in [5.74, 6) is -0.0522. The van der Waals surface area contributed by atoms with Crippen LogP contribution < -0.4 is 5.32 Å². The Kier molecular flexibility index (Phi) is 5.33. The van der Waals surface area contributed by atoms with E-state index in [9.17, 15) is 14.7 Å². The number of nitrogens with zero attached hydrogens (tertiary/aromatic N) is 1. The van der Waals surface area contributed by atoms with E-state index in [1.807, 2.05) is 33.9 Å². The van der Waals surface area contributed by atoms with E-state index in [-0.39, 0.29) is 18.4 Å². The van der Waals surface area contributed by atoms with Crippen molar-refractivity contribution in [1.82, 2.24) is 10.2 Å². The topological polar surface area (TPSA) is 69.6 Å². The van der Waals surface area contributed by atoms with Crippen molar-refractivity contribution in [2.45, 2.75) is 24.8 Å². The highest BCUT2D eigenvalue weighted by atomic mass is 32.1. The molecule has 0 unspecified atom stereocenters. The number of hydrogen-bond acceptors (Lipinski definition) is 5. The lowest BCUT2D eigenvalue weighted by atomic mass is 9.84. The Morgan fingerprint density at radius 2 is 1.75 bits per heavy atom. The first-order valence-electron chi connectivity index (χ1n) is 7.93. The molecule has 1 saturated heterocycles. The molecule has 3 rings (SSSR count). The molecule has 0 radical (unpaired) electrons. The van der Waals surface area contributed by atoms with E-state index in [2.05, 4.69) is 5.32 Å². The van der Waals surface area contributed by atoms with Crippen LogP contribution in [0.4, 0.5) is 0 Å². The first kappa shape index (κ1) is 17.1. The second-order valence-corrected chi connectivity index (χ2v) is 7.85. The van der Waals surface area contributed by atoms with Gasteiger partial charge < -0.3 is 15.3 Å². The molecule has 0 bridgehead atoms. The van der Waals surface area contributed by atoms with Gasteiger partial charge in [-0.1, -0.05) is 12.1 Å². The number of nitrogens with one attached hydrogen (secondary N) is 1.